The molecule has 76 valence electrons. The molecule has 1 N–H and O–H groups in total. The van der Waals surface area contributed by atoms with Gasteiger partial charge in [0.25, 0.3) is 5.89 Å². The standard InChI is InChI=1S/C11H10N2O2/c14-11-13-12-10(15-11)9-5-3-8(4-6-9)7-1-2-7/h3-7H,1-2H2,(H,13,14). The number of rotatable bonds is 2. The molecule has 1 heterocycles. The van der Waals surface area contributed by atoms with E-state index < -0.39 is 6.08 Å². The molecule has 0 aliphatic heterocycles. The van der Waals surface area contributed by atoms with Gasteiger partial charge in [0.15, 0.2) is 0 Å². The lowest BCUT2D eigenvalue weighted by molar-refractivity contribution is 0.320. The van der Waals surface area contributed by atoms with Crippen molar-refractivity contribution in [2.24, 2.45) is 0 Å². The molecule has 1 aliphatic rings. The number of nitrogens with zero attached hydrogens (tertiary/aromatic N) is 2. The summed E-state index contributed by atoms with van der Waals surface area (Å²) in [4.78, 5) is 0. The minimum Gasteiger partial charge on any atom is -0.465 e. The molecule has 2 aromatic rings. The second-order valence-electron chi connectivity index (χ2n) is 3.79. The Morgan fingerprint density at radius 2 is 1.87 bits per heavy atom. The summed E-state index contributed by atoms with van der Waals surface area (Å²) in [6.45, 7) is 0. The minimum atomic E-state index is -0.392. The molecule has 0 unspecified atom stereocenters. The summed E-state index contributed by atoms with van der Waals surface area (Å²) in [6, 6.07) is 8.05. The van der Waals surface area contributed by atoms with Gasteiger partial charge in [-0.1, -0.05) is 17.2 Å². The van der Waals surface area contributed by atoms with E-state index in [1.165, 1.54) is 18.4 Å². The number of aromatic hydroxyl groups is 1. The third-order valence-corrected chi connectivity index (χ3v) is 2.62. The molecule has 3 rings (SSSR count). The Kier molecular flexibility index (Phi) is 1.74. The number of aromatic nitrogens is 2. The van der Waals surface area contributed by atoms with Crippen LogP contribution in [0.2, 0.25) is 0 Å². The van der Waals surface area contributed by atoms with Crippen LogP contribution >= 0.6 is 0 Å². The highest BCUT2D eigenvalue weighted by atomic mass is 16.5. The van der Waals surface area contributed by atoms with E-state index in [0.717, 1.165) is 11.5 Å². The van der Waals surface area contributed by atoms with Gasteiger partial charge in [-0.2, -0.15) is 0 Å². The Hall–Kier alpha value is -1.84. The molecule has 1 fully saturated rings. The number of benzene rings is 1. The van der Waals surface area contributed by atoms with Gasteiger partial charge in [-0.3, -0.25) is 0 Å². The van der Waals surface area contributed by atoms with Crippen LogP contribution in [0.15, 0.2) is 28.7 Å². The molecular formula is C11H10N2O2. The smallest absolute Gasteiger partial charge is 0.412 e. The van der Waals surface area contributed by atoms with E-state index in [4.69, 9.17) is 9.52 Å². The van der Waals surface area contributed by atoms with Crippen molar-refractivity contribution in [1.82, 2.24) is 10.2 Å². The first kappa shape index (κ1) is 8.47. The van der Waals surface area contributed by atoms with Crippen LogP contribution in [-0.2, 0) is 0 Å². The summed E-state index contributed by atoms with van der Waals surface area (Å²) >= 11 is 0. The van der Waals surface area contributed by atoms with Crippen molar-refractivity contribution in [1.29, 1.82) is 0 Å². The van der Waals surface area contributed by atoms with E-state index in [9.17, 15) is 0 Å². The third kappa shape index (κ3) is 1.58. The van der Waals surface area contributed by atoms with Crippen molar-refractivity contribution in [2.75, 3.05) is 0 Å². The highest BCUT2D eigenvalue weighted by molar-refractivity contribution is 5.53. The maximum Gasteiger partial charge on any atom is 0.412 e. The molecule has 15 heavy (non-hydrogen) atoms. The van der Waals surface area contributed by atoms with Gasteiger partial charge < -0.3 is 9.52 Å². The Balaban J connectivity index is 1.92. The fourth-order valence-electron chi connectivity index (χ4n) is 1.65. The molecule has 0 atom stereocenters. The van der Waals surface area contributed by atoms with E-state index >= 15 is 0 Å². The van der Waals surface area contributed by atoms with E-state index in [1.807, 2.05) is 12.1 Å². The summed E-state index contributed by atoms with van der Waals surface area (Å²) in [5.74, 6) is 1.10. The zero-order valence-corrected chi connectivity index (χ0v) is 8.05. The molecule has 0 bridgehead atoms. The van der Waals surface area contributed by atoms with Gasteiger partial charge in [-0.15, -0.1) is 5.10 Å². The van der Waals surface area contributed by atoms with Crippen LogP contribution in [0.1, 0.15) is 24.3 Å². The summed E-state index contributed by atoms with van der Waals surface area (Å²) in [5, 5.41) is 16.0. The molecule has 4 nitrogen and oxygen atoms in total. The Labute approximate surface area is 86.6 Å². The molecule has 1 saturated carbocycles. The second kappa shape index (κ2) is 3.08. The molecule has 1 aromatic carbocycles. The lowest BCUT2D eigenvalue weighted by Gasteiger charge is -1.98. The topological polar surface area (TPSA) is 59.2 Å². The summed E-state index contributed by atoms with van der Waals surface area (Å²) in [7, 11) is 0. The molecule has 4 heteroatoms. The van der Waals surface area contributed by atoms with Crippen LogP contribution in [0.4, 0.5) is 0 Å². The van der Waals surface area contributed by atoms with Crippen LogP contribution < -0.4 is 0 Å². The first-order valence-corrected chi connectivity index (χ1v) is 4.96. The Morgan fingerprint density at radius 1 is 1.13 bits per heavy atom. The average molecular weight is 202 g/mol. The fraction of sp³-hybridized carbons (Fsp3) is 0.273. The molecule has 0 saturated heterocycles. The highest BCUT2D eigenvalue weighted by Gasteiger charge is 2.23. The van der Waals surface area contributed by atoms with Crippen molar-refractivity contribution in [3.8, 4) is 17.5 Å². The minimum absolute atomic E-state index is 0.356. The van der Waals surface area contributed by atoms with E-state index in [-0.39, 0.29) is 0 Å². The highest BCUT2D eigenvalue weighted by Crippen LogP contribution is 2.40. The van der Waals surface area contributed by atoms with Gasteiger partial charge in [0.05, 0.1) is 0 Å². The molecule has 0 spiro atoms. The van der Waals surface area contributed by atoms with Crippen LogP contribution in [0, 0.1) is 0 Å². The van der Waals surface area contributed by atoms with E-state index in [0.29, 0.717) is 5.89 Å². The Bertz CT molecular complexity index is 472. The van der Waals surface area contributed by atoms with Gasteiger partial charge in [0.2, 0.25) is 0 Å². The number of hydrogen-bond donors (Lipinski definition) is 1. The summed E-state index contributed by atoms with van der Waals surface area (Å²) < 4.78 is 4.92. The quantitative estimate of drug-likeness (QED) is 0.811. The Morgan fingerprint density at radius 3 is 2.40 bits per heavy atom. The monoisotopic (exact) mass is 202 g/mol. The van der Waals surface area contributed by atoms with Crippen molar-refractivity contribution in [3.63, 3.8) is 0 Å². The molecule has 0 radical (unpaired) electrons. The third-order valence-electron chi connectivity index (χ3n) is 2.62. The van der Waals surface area contributed by atoms with Crippen molar-refractivity contribution >= 4 is 0 Å². The average Bonchev–Trinajstić information content (AvgIpc) is 3.02. The predicted octanol–water partition coefficient (Wildman–Crippen LogP) is 2.32. The molecular weight excluding hydrogens is 192 g/mol. The summed E-state index contributed by atoms with van der Waals surface area (Å²) in [6.07, 6.45) is 2.19. The maximum atomic E-state index is 8.93. The lowest BCUT2D eigenvalue weighted by Crippen LogP contribution is -1.81. The fourth-order valence-corrected chi connectivity index (χ4v) is 1.65. The van der Waals surface area contributed by atoms with Crippen molar-refractivity contribution in [2.45, 2.75) is 18.8 Å². The van der Waals surface area contributed by atoms with Crippen LogP contribution in [0.25, 0.3) is 11.5 Å². The zero-order chi connectivity index (χ0) is 10.3. The maximum absolute atomic E-state index is 8.93. The van der Waals surface area contributed by atoms with Gasteiger partial charge in [0.1, 0.15) is 0 Å². The SMILES string of the molecule is Oc1nnc(-c2ccc(C3CC3)cc2)o1. The van der Waals surface area contributed by atoms with Gasteiger partial charge >= 0.3 is 6.08 Å². The second-order valence-corrected chi connectivity index (χ2v) is 3.79. The molecule has 1 aromatic heterocycles. The summed E-state index contributed by atoms with van der Waals surface area (Å²) in [5.41, 5.74) is 2.20. The lowest BCUT2D eigenvalue weighted by atomic mass is 10.1. The zero-order valence-electron chi connectivity index (χ0n) is 8.05. The molecule has 1 aliphatic carbocycles. The van der Waals surface area contributed by atoms with Crippen LogP contribution in [-0.4, -0.2) is 15.3 Å². The first-order chi connectivity index (χ1) is 7.33. The van der Waals surface area contributed by atoms with Crippen molar-refractivity contribution in [3.05, 3.63) is 29.8 Å². The van der Waals surface area contributed by atoms with Gasteiger partial charge in [-0.05, 0) is 36.5 Å². The van der Waals surface area contributed by atoms with Gasteiger partial charge in [-0.25, -0.2) is 0 Å². The predicted molar refractivity (Wildman–Crippen MR) is 53.4 cm³/mol. The van der Waals surface area contributed by atoms with Gasteiger partial charge in [0, 0.05) is 5.56 Å². The van der Waals surface area contributed by atoms with Crippen LogP contribution in [0.3, 0.4) is 0 Å². The number of hydrogen-bond acceptors (Lipinski definition) is 4. The van der Waals surface area contributed by atoms with Crippen LogP contribution in [0.5, 0.6) is 6.08 Å². The normalized spacial score (nSPS) is 15.5. The molecule has 0 amide bonds. The van der Waals surface area contributed by atoms with E-state index in [2.05, 4.69) is 22.3 Å². The van der Waals surface area contributed by atoms with E-state index in [1.54, 1.807) is 0 Å². The largest absolute Gasteiger partial charge is 0.465 e. The first-order valence-electron chi connectivity index (χ1n) is 4.96. The van der Waals surface area contributed by atoms with Crippen molar-refractivity contribution < 1.29 is 9.52 Å².